The van der Waals surface area contributed by atoms with E-state index in [0.29, 0.717) is 34.6 Å². The molecule has 1 saturated heterocycles. The highest BCUT2D eigenvalue weighted by Gasteiger charge is 2.20. The smallest absolute Gasteiger partial charge is 0.220 e. The summed E-state index contributed by atoms with van der Waals surface area (Å²) in [6.45, 7) is 3.16. The van der Waals surface area contributed by atoms with Crippen molar-refractivity contribution in [1.29, 1.82) is 5.41 Å². The Kier molecular flexibility index (Phi) is 9.62. The summed E-state index contributed by atoms with van der Waals surface area (Å²) < 4.78 is 5.80. The molecule has 4 rings (SSSR count). The van der Waals surface area contributed by atoms with E-state index in [1.165, 1.54) is 11.3 Å². The van der Waals surface area contributed by atoms with Gasteiger partial charge in [-0.1, -0.05) is 29.3 Å². The second-order valence-corrected chi connectivity index (χ2v) is 10.6. The number of amides is 1. The van der Waals surface area contributed by atoms with Crippen LogP contribution in [0.4, 0.5) is 5.13 Å². The number of benzene rings is 2. The summed E-state index contributed by atoms with van der Waals surface area (Å²) in [4.78, 5) is 19.2. The summed E-state index contributed by atoms with van der Waals surface area (Å²) in [7, 11) is 0. The van der Waals surface area contributed by atoms with Gasteiger partial charge in [-0.25, -0.2) is 4.98 Å². The van der Waals surface area contributed by atoms with E-state index in [4.69, 9.17) is 39.1 Å². The molecule has 11 heteroatoms. The molecule has 5 N–H and O–H groups in total. The zero-order valence-electron chi connectivity index (χ0n) is 20.3. The van der Waals surface area contributed by atoms with Crippen molar-refractivity contribution in [1.82, 2.24) is 15.2 Å². The third-order valence-corrected chi connectivity index (χ3v) is 7.55. The van der Waals surface area contributed by atoms with Gasteiger partial charge >= 0.3 is 0 Å². The molecule has 2 heterocycles. The number of rotatable bonds is 10. The SMILES string of the molecule is N=C(N)Nc1nc(-c2ccc(OCCCC(=O)NC3CCN(Cc4ccc(Cl)c(Cl)c4)CC3)cc2)cs1. The number of hydrogen-bond acceptors (Lipinski definition) is 6. The van der Waals surface area contributed by atoms with Gasteiger partial charge in [0, 0.05) is 43.0 Å². The fourth-order valence-electron chi connectivity index (χ4n) is 4.16. The zero-order chi connectivity index (χ0) is 26.2. The van der Waals surface area contributed by atoms with Crippen molar-refractivity contribution >= 4 is 51.5 Å². The third kappa shape index (κ3) is 8.33. The zero-order valence-corrected chi connectivity index (χ0v) is 22.6. The summed E-state index contributed by atoms with van der Waals surface area (Å²) in [5.74, 6) is 0.677. The lowest BCUT2D eigenvalue weighted by Gasteiger charge is -2.32. The number of anilines is 1. The molecule has 1 aliphatic rings. The number of ether oxygens (including phenoxy) is 1. The number of nitrogens with one attached hydrogen (secondary N) is 3. The van der Waals surface area contributed by atoms with Crippen LogP contribution in [-0.2, 0) is 11.3 Å². The summed E-state index contributed by atoms with van der Waals surface area (Å²) in [6.07, 6.45) is 2.95. The van der Waals surface area contributed by atoms with Gasteiger partial charge in [-0.2, -0.15) is 0 Å². The monoisotopic (exact) mass is 560 g/mol. The number of nitrogens with two attached hydrogens (primary N) is 1. The van der Waals surface area contributed by atoms with E-state index in [9.17, 15) is 4.79 Å². The maximum atomic E-state index is 12.4. The number of guanidine groups is 1. The first-order valence-corrected chi connectivity index (χ1v) is 13.7. The Morgan fingerprint density at radius 2 is 1.92 bits per heavy atom. The molecule has 0 bridgehead atoms. The van der Waals surface area contributed by atoms with Crippen LogP contribution in [0, 0.1) is 5.41 Å². The predicted molar refractivity (Wildman–Crippen MR) is 151 cm³/mol. The van der Waals surface area contributed by atoms with Crippen molar-refractivity contribution in [2.45, 2.75) is 38.3 Å². The first kappa shape index (κ1) is 27.2. The van der Waals surface area contributed by atoms with Gasteiger partial charge in [-0.15, -0.1) is 11.3 Å². The Morgan fingerprint density at radius 1 is 1.16 bits per heavy atom. The number of carbonyl (C=O) groups excluding carboxylic acids is 1. The van der Waals surface area contributed by atoms with Crippen molar-refractivity contribution in [2.24, 2.45) is 5.73 Å². The number of hydrogen-bond donors (Lipinski definition) is 4. The van der Waals surface area contributed by atoms with Crippen molar-refractivity contribution in [2.75, 3.05) is 25.0 Å². The Morgan fingerprint density at radius 3 is 2.62 bits per heavy atom. The molecule has 8 nitrogen and oxygen atoms in total. The maximum absolute atomic E-state index is 12.4. The minimum Gasteiger partial charge on any atom is -0.494 e. The lowest BCUT2D eigenvalue weighted by atomic mass is 10.0. The van der Waals surface area contributed by atoms with E-state index >= 15 is 0 Å². The molecule has 1 fully saturated rings. The van der Waals surface area contributed by atoms with Crippen LogP contribution in [0.5, 0.6) is 5.75 Å². The molecule has 0 unspecified atom stereocenters. The number of thiazole rings is 1. The highest BCUT2D eigenvalue weighted by Crippen LogP contribution is 2.27. The van der Waals surface area contributed by atoms with Gasteiger partial charge in [0.05, 0.1) is 22.3 Å². The summed E-state index contributed by atoms with van der Waals surface area (Å²) in [5, 5.41) is 16.8. The predicted octanol–water partition coefficient (Wildman–Crippen LogP) is 5.36. The van der Waals surface area contributed by atoms with E-state index in [2.05, 4.69) is 20.5 Å². The number of aromatic nitrogens is 1. The molecular formula is C26H30Cl2N6O2S. The normalized spacial score (nSPS) is 14.3. The number of piperidine rings is 1. The second kappa shape index (κ2) is 13.1. The number of likely N-dealkylation sites (tertiary alicyclic amines) is 1. The van der Waals surface area contributed by atoms with Gasteiger partial charge in [0.25, 0.3) is 0 Å². The van der Waals surface area contributed by atoms with Crippen molar-refractivity contribution < 1.29 is 9.53 Å². The van der Waals surface area contributed by atoms with Crippen LogP contribution in [-0.4, -0.2) is 47.5 Å². The lowest BCUT2D eigenvalue weighted by Crippen LogP contribution is -2.44. The Balaban J connectivity index is 1.11. The van der Waals surface area contributed by atoms with Crippen LogP contribution in [0.3, 0.4) is 0 Å². The van der Waals surface area contributed by atoms with Crippen LogP contribution in [0.2, 0.25) is 10.0 Å². The Labute approximate surface area is 230 Å². The maximum Gasteiger partial charge on any atom is 0.220 e. The van der Waals surface area contributed by atoms with Crippen LogP contribution >= 0.6 is 34.5 Å². The van der Waals surface area contributed by atoms with E-state index in [-0.39, 0.29) is 17.9 Å². The number of halogens is 2. The molecule has 1 aromatic heterocycles. The lowest BCUT2D eigenvalue weighted by molar-refractivity contribution is -0.122. The Hall–Kier alpha value is -2.85. The summed E-state index contributed by atoms with van der Waals surface area (Å²) in [5.41, 5.74) is 8.23. The Bertz CT molecular complexity index is 1210. The van der Waals surface area contributed by atoms with Crippen LogP contribution in [0.1, 0.15) is 31.2 Å². The minimum atomic E-state index is -0.139. The number of carbonyl (C=O) groups is 1. The van der Waals surface area contributed by atoms with Gasteiger partial charge in [0.2, 0.25) is 5.91 Å². The molecule has 196 valence electrons. The highest BCUT2D eigenvalue weighted by molar-refractivity contribution is 7.14. The first-order chi connectivity index (χ1) is 17.9. The van der Waals surface area contributed by atoms with E-state index in [0.717, 1.165) is 55.0 Å². The van der Waals surface area contributed by atoms with Crippen molar-refractivity contribution in [3.05, 3.63) is 63.5 Å². The molecule has 0 saturated carbocycles. The van der Waals surface area contributed by atoms with Crippen molar-refractivity contribution in [3.8, 4) is 17.0 Å². The largest absolute Gasteiger partial charge is 0.494 e. The molecule has 1 aliphatic heterocycles. The van der Waals surface area contributed by atoms with Crippen molar-refractivity contribution in [3.63, 3.8) is 0 Å². The molecule has 37 heavy (non-hydrogen) atoms. The van der Waals surface area contributed by atoms with Crippen LogP contribution in [0.25, 0.3) is 11.3 Å². The summed E-state index contributed by atoms with van der Waals surface area (Å²) in [6, 6.07) is 13.6. The minimum absolute atomic E-state index is 0.0698. The first-order valence-electron chi connectivity index (χ1n) is 12.1. The van der Waals surface area contributed by atoms with Gasteiger partial charge in [0.1, 0.15) is 5.75 Å². The average molecular weight is 562 g/mol. The fourth-order valence-corrected chi connectivity index (χ4v) is 5.21. The van der Waals surface area contributed by atoms with E-state index < -0.39 is 0 Å². The molecule has 0 atom stereocenters. The molecule has 0 spiro atoms. The van der Waals surface area contributed by atoms with E-state index in [1.807, 2.05) is 47.8 Å². The van der Waals surface area contributed by atoms with Gasteiger partial charge in [-0.05, 0) is 61.2 Å². The number of nitrogens with zero attached hydrogens (tertiary/aromatic N) is 2. The molecule has 2 aromatic carbocycles. The quantitative estimate of drug-likeness (QED) is 0.150. The van der Waals surface area contributed by atoms with Gasteiger partial charge in [0.15, 0.2) is 11.1 Å². The van der Waals surface area contributed by atoms with Crippen LogP contribution in [0.15, 0.2) is 47.8 Å². The molecular weight excluding hydrogens is 531 g/mol. The highest BCUT2D eigenvalue weighted by atomic mass is 35.5. The third-order valence-electron chi connectivity index (χ3n) is 6.06. The summed E-state index contributed by atoms with van der Waals surface area (Å²) >= 11 is 13.5. The fraction of sp³-hybridized carbons (Fsp3) is 0.346. The second-order valence-electron chi connectivity index (χ2n) is 8.92. The van der Waals surface area contributed by atoms with E-state index in [1.54, 1.807) is 0 Å². The average Bonchev–Trinajstić information content (AvgIpc) is 3.33. The molecule has 1 amide bonds. The van der Waals surface area contributed by atoms with Gasteiger partial charge < -0.3 is 21.1 Å². The topological polar surface area (TPSA) is 116 Å². The molecule has 3 aromatic rings. The molecule has 0 aliphatic carbocycles. The standard InChI is InChI=1S/C26H30Cl2N6O2S/c27-21-8-3-17(14-22(21)28)15-34-11-9-19(10-12-34)31-24(35)2-1-13-36-20-6-4-18(5-7-20)23-16-37-26(32-23)33-25(29)30/h3-8,14,16,19H,1-2,9-13,15H2,(H,31,35)(H4,29,30,32,33). The molecule has 0 radical (unpaired) electrons. The van der Waals surface area contributed by atoms with Gasteiger partial charge in [-0.3, -0.25) is 15.1 Å². The van der Waals surface area contributed by atoms with Crippen LogP contribution < -0.4 is 21.1 Å².